The van der Waals surface area contributed by atoms with E-state index in [1.807, 2.05) is 18.8 Å². The minimum atomic E-state index is 0. The van der Waals surface area contributed by atoms with Gasteiger partial charge in [-0.2, -0.15) is 11.8 Å². The van der Waals surface area contributed by atoms with Crippen LogP contribution in [0.3, 0.4) is 0 Å². The number of rotatable bonds is 7. The molecule has 0 aliphatic rings. The van der Waals surface area contributed by atoms with Gasteiger partial charge in [0.05, 0.1) is 0 Å². The summed E-state index contributed by atoms with van der Waals surface area (Å²) in [4.78, 5) is 4.21. The Kier molecular flexibility index (Phi) is 14.8. The van der Waals surface area contributed by atoms with Crippen LogP contribution < -0.4 is 10.6 Å². The Labute approximate surface area is 128 Å². The Morgan fingerprint density at radius 1 is 1.24 bits per heavy atom. The molecule has 0 fully saturated rings. The summed E-state index contributed by atoms with van der Waals surface area (Å²) in [6.45, 7) is 7.71. The Morgan fingerprint density at radius 2 is 1.88 bits per heavy atom. The van der Waals surface area contributed by atoms with E-state index in [1.165, 1.54) is 12.8 Å². The van der Waals surface area contributed by atoms with Crippen molar-refractivity contribution in [3.8, 4) is 0 Å². The second-order valence-electron chi connectivity index (χ2n) is 4.51. The molecule has 0 rings (SSSR count). The van der Waals surface area contributed by atoms with Crippen molar-refractivity contribution in [2.45, 2.75) is 39.7 Å². The minimum absolute atomic E-state index is 0. The van der Waals surface area contributed by atoms with E-state index in [0.717, 1.165) is 24.2 Å². The van der Waals surface area contributed by atoms with Crippen LogP contribution in [0.2, 0.25) is 0 Å². The molecule has 0 amide bonds. The molecule has 2 N–H and O–H groups in total. The van der Waals surface area contributed by atoms with Gasteiger partial charge in [0.15, 0.2) is 5.96 Å². The van der Waals surface area contributed by atoms with Crippen molar-refractivity contribution in [1.82, 2.24) is 10.6 Å². The fraction of sp³-hybridized carbons (Fsp3) is 0.917. The quantitative estimate of drug-likeness (QED) is 0.312. The van der Waals surface area contributed by atoms with Gasteiger partial charge in [0.25, 0.3) is 0 Å². The maximum Gasteiger partial charge on any atom is 0.191 e. The molecule has 1 unspecified atom stereocenters. The maximum atomic E-state index is 4.21. The van der Waals surface area contributed by atoms with Crippen LogP contribution in [0.4, 0.5) is 0 Å². The van der Waals surface area contributed by atoms with Crippen molar-refractivity contribution in [1.29, 1.82) is 0 Å². The number of hydrogen-bond acceptors (Lipinski definition) is 2. The summed E-state index contributed by atoms with van der Waals surface area (Å²) >= 11 is 1.84. The average Bonchev–Trinajstić information content (AvgIpc) is 2.25. The summed E-state index contributed by atoms with van der Waals surface area (Å²) in [5.74, 6) is 2.81. The fourth-order valence-electron chi connectivity index (χ4n) is 1.36. The predicted molar refractivity (Wildman–Crippen MR) is 91.8 cm³/mol. The molecule has 1 atom stereocenters. The number of aliphatic imine (C=N–C) groups is 1. The molecule has 0 bridgehead atoms. The minimum Gasteiger partial charge on any atom is -0.356 e. The summed E-state index contributed by atoms with van der Waals surface area (Å²) in [6.07, 6.45) is 4.57. The van der Waals surface area contributed by atoms with E-state index in [1.54, 1.807) is 0 Å². The Balaban J connectivity index is 0. The lowest BCUT2D eigenvalue weighted by atomic mass is 10.0. The van der Waals surface area contributed by atoms with Gasteiger partial charge in [0, 0.05) is 25.4 Å². The Morgan fingerprint density at radius 3 is 2.35 bits per heavy atom. The third-order valence-electron chi connectivity index (χ3n) is 2.38. The summed E-state index contributed by atoms with van der Waals surface area (Å²) in [7, 11) is 1.82. The average molecular weight is 373 g/mol. The van der Waals surface area contributed by atoms with Crippen LogP contribution >= 0.6 is 35.7 Å². The Bertz CT molecular complexity index is 198. The van der Waals surface area contributed by atoms with Crippen molar-refractivity contribution in [2.24, 2.45) is 10.9 Å². The molecule has 0 aliphatic heterocycles. The first-order chi connectivity index (χ1) is 7.60. The van der Waals surface area contributed by atoms with Crippen LogP contribution in [-0.4, -0.2) is 37.6 Å². The van der Waals surface area contributed by atoms with Crippen molar-refractivity contribution in [3.63, 3.8) is 0 Å². The fourth-order valence-corrected chi connectivity index (χ4v) is 1.66. The molecular weight excluding hydrogens is 345 g/mol. The predicted octanol–water partition coefficient (Wildman–Crippen LogP) is 2.96. The monoisotopic (exact) mass is 373 g/mol. The Hall–Kier alpha value is 0.350. The van der Waals surface area contributed by atoms with E-state index in [9.17, 15) is 0 Å². The third kappa shape index (κ3) is 12.6. The van der Waals surface area contributed by atoms with Crippen molar-refractivity contribution in [3.05, 3.63) is 0 Å². The second-order valence-corrected chi connectivity index (χ2v) is 5.49. The SMILES string of the molecule is CN=C(NCCSC)NC(C)CCC(C)C.I. The summed E-state index contributed by atoms with van der Waals surface area (Å²) in [5.41, 5.74) is 0. The number of nitrogens with zero attached hydrogens (tertiary/aromatic N) is 1. The van der Waals surface area contributed by atoms with Gasteiger partial charge in [-0.3, -0.25) is 4.99 Å². The van der Waals surface area contributed by atoms with Crippen LogP contribution in [0.25, 0.3) is 0 Å². The molecule has 0 aromatic heterocycles. The zero-order chi connectivity index (χ0) is 12.4. The van der Waals surface area contributed by atoms with Crippen LogP contribution in [0.15, 0.2) is 4.99 Å². The molecule has 0 aliphatic carbocycles. The van der Waals surface area contributed by atoms with Gasteiger partial charge < -0.3 is 10.6 Å². The van der Waals surface area contributed by atoms with Gasteiger partial charge in [0.1, 0.15) is 0 Å². The first kappa shape index (κ1) is 19.7. The van der Waals surface area contributed by atoms with Gasteiger partial charge in [-0.15, -0.1) is 24.0 Å². The highest BCUT2D eigenvalue weighted by molar-refractivity contribution is 14.0. The number of thioether (sulfide) groups is 1. The van der Waals surface area contributed by atoms with Crippen molar-refractivity contribution >= 4 is 41.7 Å². The number of halogens is 1. The standard InChI is InChI=1S/C12H27N3S.HI/c1-10(2)6-7-11(3)15-12(13-4)14-8-9-16-5;/h10-11H,6-9H2,1-5H3,(H2,13,14,15);1H. The number of hydrogen-bond donors (Lipinski definition) is 2. The highest BCUT2D eigenvalue weighted by Gasteiger charge is 2.05. The van der Waals surface area contributed by atoms with Crippen molar-refractivity contribution < 1.29 is 0 Å². The van der Waals surface area contributed by atoms with Crippen LogP contribution in [0, 0.1) is 5.92 Å². The number of guanidine groups is 1. The lowest BCUT2D eigenvalue weighted by molar-refractivity contribution is 0.489. The van der Waals surface area contributed by atoms with E-state index in [2.05, 4.69) is 42.7 Å². The van der Waals surface area contributed by atoms with Crippen LogP contribution in [-0.2, 0) is 0 Å². The van der Waals surface area contributed by atoms with Gasteiger partial charge in [-0.1, -0.05) is 13.8 Å². The summed E-state index contributed by atoms with van der Waals surface area (Å²) < 4.78 is 0. The molecule has 0 spiro atoms. The molecule has 0 aromatic carbocycles. The van der Waals surface area contributed by atoms with Gasteiger partial charge >= 0.3 is 0 Å². The first-order valence-corrected chi connectivity index (χ1v) is 7.45. The van der Waals surface area contributed by atoms with E-state index in [-0.39, 0.29) is 24.0 Å². The zero-order valence-electron chi connectivity index (χ0n) is 11.7. The third-order valence-corrected chi connectivity index (χ3v) is 2.99. The second kappa shape index (κ2) is 12.8. The largest absolute Gasteiger partial charge is 0.356 e. The lowest BCUT2D eigenvalue weighted by Crippen LogP contribution is -2.43. The molecule has 0 aromatic rings. The topological polar surface area (TPSA) is 36.4 Å². The highest BCUT2D eigenvalue weighted by atomic mass is 127. The van der Waals surface area contributed by atoms with E-state index in [4.69, 9.17) is 0 Å². The molecule has 17 heavy (non-hydrogen) atoms. The van der Waals surface area contributed by atoms with Gasteiger partial charge in [0.2, 0.25) is 0 Å². The summed E-state index contributed by atoms with van der Waals surface area (Å²) in [6, 6.07) is 0.489. The van der Waals surface area contributed by atoms with E-state index < -0.39 is 0 Å². The first-order valence-electron chi connectivity index (χ1n) is 6.06. The number of nitrogens with one attached hydrogen (secondary N) is 2. The summed E-state index contributed by atoms with van der Waals surface area (Å²) in [5, 5.41) is 6.72. The molecule has 0 saturated heterocycles. The lowest BCUT2D eigenvalue weighted by Gasteiger charge is -2.18. The van der Waals surface area contributed by atoms with Gasteiger partial charge in [-0.25, -0.2) is 0 Å². The molecule has 0 heterocycles. The molecule has 3 nitrogen and oxygen atoms in total. The van der Waals surface area contributed by atoms with E-state index in [0.29, 0.717) is 6.04 Å². The molecule has 0 radical (unpaired) electrons. The normalized spacial score (nSPS) is 13.2. The molecule has 104 valence electrons. The molecule has 5 heteroatoms. The van der Waals surface area contributed by atoms with E-state index >= 15 is 0 Å². The smallest absolute Gasteiger partial charge is 0.191 e. The zero-order valence-corrected chi connectivity index (χ0v) is 14.9. The maximum absolute atomic E-state index is 4.21. The van der Waals surface area contributed by atoms with Crippen LogP contribution in [0.1, 0.15) is 33.6 Å². The van der Waals surface area contributed by atoms with Gasteiger partial charge in [-0.05, 0) is 31.9 Å². The van der Waals surface area contributed by atoms with Crippen LogP contribution in [0.5, 0.6) is 0 Å². The molecule has 0 saturated carbocycles. The van der Waals surface area contributed by atoms with Crippen molar-refractivity contribution in [2.75, 3.05) is 25.6 Å². The molecular formula is C12H28IN3S. The highest BCUT2D eigenvalue weighted by Crippen LogP contribution is 2.06.